The van der Waals surface area contributed by atoms with E-state index in [-0.39, 0.29) is 6.04 Å². The van der Waals surface area contributed by atoms with E-state index in [1.807, 2.05) is 13.8 Å². The second-order valence-electron chi connectivity index (χ2n) is 6.29. The monoisotopic (exact) mass is 341 g/mol. The van der Waals surface area contributed by atoms with Gasteiger partial charge in [0.2, 0.25) is 0 Å². The van der Waals surface area contributed by atoms with Crippen LogP contribution >= 0.6 is 0 Å². The number of carbonyl (C=O) groups is 4. The highest BCUT2D eigenvalue weighted by atomic mass is 16.5. The molecule has 0 radical (unpaired) electrons. The first-order valence-corrected chi connectivity index (χ1v) is 8.34. The van der Waals surface area contributed by atoms with Crippen LogP contribution in [0.15, 0.2) is 0 Å². The maximum absolute atomic E-state index is 12.6. The summed E-state index contributed by atoms with van der Waals surface area (Å²) in [5, 5.41) is 5.30. The Balaban J connectivity index is 2.64. The number of amides is 4. The average Bonchev–Trinajstić information content (AvgIpc) is 2.70. The third-order valence-electron chi connectivity index (χ3n) is 3.70. The fourth-order valence-electron chi connectivity index (χ4n) is 2.82. The summed E-state index contributed by atoms with van der Waals surface area (Å²) in [5.74, 6) is -1.62. The molecule has 8 heteroatoms. The molecule has 0 aromatic rings. The number of carbonyl (C=O) groups excluding carboxylic acids is 4. The molecule has 0 atom stereocenters. The van der Waals surface area contributed by atoms with Gasteiger partial charge in [0, 0.05) is 6.04 Å². The summed E-state index contributed by atoms with van der Waals surface area (Å²) < 4.78 is 4.83. The molecule has 2 N–H and O–H groups in total. The van der Waals surface area contributed by atoms with Crippen molar-refractivity contribution in [1.29, 1.82) is 0 Å². The minimum absolute atomic E-state index is 0.0640. The number of imide groups is 1. The van der Waals surface area contributed by atoms with Gasteiger partial charge in [0.15, 0.2) is 6.61 Å². The van der Waals surface area contributed by atoms with Crippen molar-refractivity contribution in [3.63, 3.8) is 0 Å². The van der Waals surface area contributed by atoms with Crippen LogP contribution in [0.1, 0.15) is 53.4 Å². The highest BCUT2D eigenvalue weighted by Gasteiger charge is 2.50. The molecule has 1 fully saturated rings. The van der Waals surface area contributed by atoms with Crippen molar-refractivity contribution in [3.8, 4) is 0 Å². The first-order valence-electron chi connectivity index (χ1n) is 8.34. The smallest absolute Gasteiger partial charge is 0.326 e. The van der Waals surface area contributed by atoms with Gasteiger partial charge < -0.3 is 15.4 Å². The maximum Gasteiger partial charge on any atom is 0.326 e. The van der Waals surface area contributed by atoms with E-state index < -0.39 is 42.5 Å². The molecule has 4 amide bonds. The van der Waals surface area contributed by atoms with Gasteiger partial charge in [-0.05, 0) is 26.7 Å². The summed E-state index contributed by atoms with van der Waals surface area (Å²) in [4.78, 5) is 48.8. The Labute approximate surface area is 142 Å². The number of rotatable bonds is 9. The molecule has 1 rings (SSSR count). The van der Waals surface area contributed by atoms with Crippen LogP contribution in [0.3, 0.4) is 0 Å². The van der Waals surface area contributed by atoms with E-state index in [0.717, 1.165) is 17.7 Å². The Kier molecular flexibility index (Phi) is 7.18. The van der Waals surface area contributed by atoms with Crippen molar-refractivity contribution in [2.75, 3.05) is 13.2 Å². The van der Waals surface area contributed by atoms with Gasteiger partial charge in [-0.15, -0.1) is 0 Å². The lowest BCUT2D eigenvalue weighted by molar-refractivity contribution is -0.151. The molecule has 0 saturated carbocycles. The number of ether oxygens (including phenoxy) is 1. The molecule has 0 spiro atoms. The van der Waals surface area contributed by atoms with Gasteiger partial charge in [0.1, 0.15) is 12.1 Å². The van der Waals surface area contributed by atoms with Gasteiger partial charge in [-0.25, -0.2) is 4.79 Å². The predicted octanol–water partition coefficient (Wildman–Crippen LogP) is 0.945. The van der Waals surface area contributed by atoms with Crippen molar-refractivity contribution in [1.82, 2.24) is 15.5 Å². The topological polar surface area (TPSA) is 105 Å². The molecule has 8 nitrogen and oxygen atoms in total. The second kappa shape index (κ2) is 8.65. The van der Waals surface area contributed by atoms with Gasteiger partial charge in [-0.3, -0.25) is 19.3 Å². The van der Waals surface area contributed by atoms with E-state index in [2.05, 4.69) is 10.6 Å². The quantitative estimate of drug-likeness (QED) is 0.480. The number of hydrogen-bond acceptors (Lipinski definition) is 5. The van der Waals surface area contributed by atoms with Crippen LogP contribution in [0.4, 0.5) is 4.79 Å². The van der Waals surface area contributed by atoms with E-state index in [0.29, 0.717) is 12.8 Å². The second-order valence-corrected chi connectivity index (χ2v) is 6.29. The van der Waals surface area contributed by atoms with E-state index >= 15 is 0 Å². The zero-order chi connectivity index (χ0) is 18.3. The van der Waals surface area contributed by atoms with Crippen LogP contribution in [0.2, 0.25) is 0 Å². The van der Waals surface area contributed by atoms with Gasteiger partial charge in [0.25, 0.3) is 11.8 Å². The van der Waals surface area contributed by atoms with Crippen molar-refractivity contribution < 1.29 is 23.9 Å². The molecule has 1 saturated heterocycles. The molecule has 24 heavy (non-hydrogen) atoms. The highest BCUT2D eigenvalue weighted by Crippen LogP contribution is 2.27. The predicted molar refractivity (Wildman–Crippen MR) is 87.0 cm³/mol. The Bertz CT molecular complexity index is 498. The molecule has 1 heterocycles. The molecule has 0 aliphatic carbocycles. The first kappa shape index (κ1) is 19.9. The van der Waals surface area contributed by atoms with Crippen LogP contribution in [0.5, 0.6) is 0 Å². The number of nitrogens with one attached hydrogen (secondary N) is 2. The Hall–Kier alpha value is -2.12. The van der Waals surface area contributed by atoms with Crippen LogP contribution in [0, 0.1) is 0 Å². The third-order valence-corrected chi connectivity index (χ3v) is 3.70. The highest BCUT2D eigenvalue weighted by molar-refractivity contribution is 6.08. The van der Waals surface area contributed by atoms with E-state index in [1.165, 1.54) is 0 Å². The molecule has 1 aliphatic rings. The fraction of sp³-hybridized carbons (Fsp3) is 0.750. The number of esters is 1. The number of nitrogens with zero attached hydrogens (tertiary/aromatic N) is 1. The standard InChI is InChI=1S/C16H27N3O5/c1-5-7-16(8-6-2)14(22)19(15(23)18-16)9-13(21)24-10-12(20)17-11(3)4/h11H,5-10H2,1-4H3,(H,17,20)(H,18,23). The summed E-state index contributed by atoms with van der Waals surface area (Å²) in [5.41, 5.74) is -0.935. The zero-order valence-electron chi connectivity index (χ0n) is 14.8. The van der Waals surface area contributed by atoms with Crippen molar-refractivity contribution >= 4 is 23.8 Å². The van der Waals surface area contributed by atoms with Crippen molar-refractivity contribution in [2.24, 2.45) is 0 Å². The normalized spacial score (nSPS) is 16.3. The lowest BCUT2D eigenvalue weighted by Crippen LogP contribution is -2.47. The Morgan fingerprint density at radius 1 is 1.21 bits per heavy atom. The summed E-state index contributed by atoms with van der Waals surface area (Å²) >= 11 is 0. The first-order chi connectivity index (χ1) is 11.3. The van der Waals surface area contributed by atoms with Crippen LogP contribution in [0.25, 0.3) is 0 Å². The lowest BCUT2D eigenvalue weighted by atomic mass is 9.88. The Morgan fingerprint density at radius 3 is 2.29 bits per heavy atom. The van der Waals surface area contributed by atoms with E-state index in [1.54, 1.807) is 13.8 Å². The minimum Gasteiger partial charge on any atom is -0.454 e. The summed E-state index contributed by atoms with van der Waals surface area (Å²) in [6.07, 6.45) is 2.51. The van der Waals surface area contributed by atoms with Gasteiger partial charge in [-0.2, -0.15) is 0 Å². The van der Waals surface area contributed by atoms with Crippen LogP contribution < -0.4 is 10.6 Å². The van der Waals surface area contributed by atoms with Crippen LogP contribution in [-0.4, -0.2) is 53.4 Å². The van der Waals surface area contributed by atoms with Gasteiger partial charge >= 0.3 is 12.0 Å². The van der Waals surface area contributed by atoms with Crippen molar-refractivity contribution in [3.05, 3.63) is 0 Å². The minimum atomic E-state index is -0.935. The van der Waals surface area contributed by atoms with Gasteiger partial charge in [-0.1, -0.05) is 26.7 Å². The largest absolute Gasteiger partial charge is 0.454 e. The van der Waals surface area contributed by atoms with E-state index in [9.17, 15) is 19.2 Å². The zero-order valence-corrected chi connectivity index (χ0v) is 14.8. The summed E-state index contributed by atoms with van der Waals surface area (Å²) in [6.45, 7) is 6.51. The third kappa shape index (κ3) is 4.94. The van der Waals surface area contributed by atoms with Crippen LogP contribution in [-0.2, 0) is 19.1 Å². The molecule has 0 aromatic carbocycles. The molecule has 1 aliphatic heterocycles. The maximum atomic E-state index is 12.6. The molecule has 136 valence electrons. The lowest BCUT2D eigenvalue weighted by Gasteiger charge is -2.25. The molecular formula is C16H27N3O5. The Morgan fingerprint density at radius 2 is 1.79 bits per heavy atom. The summed E-state index contributed by atoms with van der Waals surface area (Å²) in [6, 6.07) is -0.656. The van der Waals surface area contributed by atoms with Crippen molar-refractivity contribution in [2.45, 2.75) is 65.0 Å². The fourth-order valence-corrected chi connectivity index (χ4v) is 2.82. The van der Waals surface area contributed by atoms with E-state index in [4.69, 9.17) is 4.74 Å². The average molecular weight is 341 g/mol. The number of urea groups is 1. The molecule has 0 unspecified atom stereocenters. The molecule has 0 bridgehead atoms. The molecule has 0 aromatic heterocycles. The SMILES string of the molecule is CCCC1(CCC)NC(=O)N(CC(=O)OCC(=O)NC(C)C)C1=O. The number of hydrogen-bond donors (Lipinski definition) is 2. The molecular weight excluding hydrogens is 314 g/mol. The summed E-state index contributed by atoms with van der Waals surface area (Å²) in [7, 11) is 0. The van der Waals surface area contributed by atoms with Gasteiger partial charge in [0.05, 0.1) is 0 Å².